The Morgan fingerprint density at radius 3 is 2.25 bits per heavy atom. The summed E-state index contributed by atoms with van der Waals surface area (Å²) in [6.07, 6.45) is 1.46. The molecule has 28 heavy (non-hydrogen) atoms. The second-order valence-electron chi connectivity index (χ2n) is 9.65. The van der Waals surface area contributed by atoms with Crippen LogP contribution in [0.5, 0.6) is 0 Å². The molecule has 4 atom stereocenters. The lowest BCUT2D eigenvalue weighted by Gasteiger charge is -2.39. The van der Waals surface area contributed by atoms with Crippen LogP contribution in [0.3, 0.4) is 0 Å². The van der Waals surface area contributed by atoms with Crippen molar-refractivity contribution >= 4 is 18.0 Å². The first-order valence-electron chi connectivity index (χ1n) is 9.98. The highest BCUT2D eigenvalue weighted by molar-refractivity contribution is 5.91. The molecule has 0 unspecified atom stereocenters. The van der Waals surface area contributed by atoms with Gasteiger partial charge in [-0.1, -0.05) is 0 Å². The Kier molecular flexibility index (Phi) is 6.63. The molecule has 0 aromatic carbocycles. The maximum Gasteiger partial charge on any atom is 0.408 e. The molecule has 160 valence electrons. The molecule has 2 N–H and O–H groups in total. The number of esters is 1. The Bertz CT molecular complexity index is 607. The molecule has 0 aromatic rings. The molecule has 0 radical (unpaired) electrons. The highest BCUT2D eigenvalue weighted by atomic mass is 16.6. The first-order chi connectivity index (χ1) is 12.8. The van der Waals surface area contributed by atoms with Crippen LogP contribution in [0, 0.1) is 5.92 Å². The number of carbonyl (C=O) groups is 3. The lowest BCUT2D eigenvalue weighted by molar-refractivity contribution is -0.165. The van der Waals surface area contributed by atoms with Gasteiger partial charge in [-0.25, -0.2) is 9.59 Å². The minimum atomic E-state index is -0.732. The Labute approximate surface area is 166 Å². The van der Waals surface area contributed by atoms with E-state index in [1.165, 1.54) is 0 Å². The monoisotopic (exact) mass is 398 g/mol. The van der Waals surface area contributed by atoms with Gasteiger partial charge < -0.3 is 24.8 Å². The molecule has 0 aromatic heterocycles. The number of amides is 2. The number of hydrogen-bond donors (Lipinski definition) is 2. The van der Waals surface area contributed by atoms with Crippen molar-refractivity contribution in [3.63, 3.8) is 0 Å². The van der Waals surface area contributed by atoms with Crippen molar-refractivity contribution in [3.8, 4) is 0 Å². The molecular weight excluding hydrogens is 364 g/mol. The van der Waals surface area contributed by atoms with Gasteiger partial charge in [0.05, 0.1) is 0 Å². The molecule has 2 saturated heterocycles. The molecule has 2 fully saturated rings. The quantitative estimate of drug-likeness (QED) is 0.702. The molecule has 0 aliphatic carbocycles. The Balaban J connectivity index is 2.16. The third-order valence-electron chi connectivity index (χ3n) is 4.94. The lowest BCUT2D eigenvalue weighted by atomic mass is 9.89. The summed E-state index contributed by atoms with van der Waals surface area (Å²) in [5, 5.41) is 12.0. The van der Waals surface area contributed by atoms with Crippen LogP contribution >= 0.6 is 0 Å². The minimum Gasteiger partial charge on any atom is -0.458 e. The Hall–Kier alpha value is -1.83. The second kappa shape index (κ2) is 8.27. The summed E-state index contributed by atoms with van der Waals surface area (Å²) in [6.45, 7) is 10.6. The number of carbonyl (C=O) groups excluding carboxylic acids is 3. The van der Waals surface area contributed by atoms with Gasteiger partial charge in [0, 0.05) is 12.6 Å². The fourth-order valence-electron chi connectivity index (χ4n) is 3.99. The van der Waals surface area contributed by atoms with E-state index in [9.17, 15) is 19.5 Å². The van der Waals surface area contributed by atoms with Gasteiger partial charge in [0.2, 0.25) is 5.91 Å². The molecule has 0 bridgehead atoms. The average Bonchev–Trinajstić information content (AvgIpc) is 2.86. The van der Waals surface area contributed by atoms with Gasteiger partial charge >= 0.3 is 12.1 Å². The first-order valence-corrected chi connectivity index (χ1v) is 9.98. The molecule has 2 amide bonds. The van der Waals surface area contributed by atoms with Crippen LogP contribution in [0.15, 0.2) is 0 Å². The molecule has 8 nitrogen and oxygen atoms in total. The Morgan fingerprint density at radius 2 is 1.71 bits per heavy atom. The van der Waals surface area contributed by atoms with Crippen molar-refractivity contribution < 1.29 is 29.0 Å². The van der Waals surface area contributed by atoms with E-state index in [0.29, 0.717) is 25.7 Å². The van der Waals surface area contributed by atoms with Crippen molar-refractivity contribution in [2.24, 2.45) is 5.92 Å². The summed E-state index contributed by atoms with van der Waals surface area (Å²) in [4.78, 5) is 39.5. The number of aliphatic hydroxyl groups excluding tert-OH is 1. The third kappa shape index (κ3) is 5.59. The van der Waals surface area contributed by atoms with Gasteiger partial charge in [0.15, 0.2) is 0 Å². The maximum absolute atomic E-state index is 13.1. The van der Waals surface area contributed by atoms with E-state index in [4.69, 9.17) is 9.47 Å². The number of aliphatic hydroxyl groups is 1. The van der Waals surface area contributed by atoms with Gasteiger partial charge in [-0.2, -0.15) is 0 Å². The lowest BCUT2D eigenvalue weighted by Crippen LogP contribution is -2.58. The summed E-state index contributed by atoms with van der Waals surface area (Å²) >= 11 is 0. The summed E-state index contributed by atoms with van der Waals surface area (Å²) in [5.74, 6) is -0.698. The van der Waals surface area contributed by atoms with E-state index in [1.54, 1.807) is 46.4 Å². The zero-order chi connectivity index (χ0) is 21.3. The second-order valence-corrected chi connectivity index (χ2v) is 9.65. The molecule has 0 saturated carbocycles. The number of hydrogen-bond acceptors (Lipinski definition) is 6. The van der Waals surface area contributed by atoms with Gasteiger partial charge in [-0.05, 0) is 73.1 Å². The molecule has 2 heterocycles. The van der Waals surface area contributed by atoms with Crippen molar-refractivity contribution in [1.29, 1.82) is 0 Å². The normalized spacial score (nSPS) is 28.0. The summed E-state index contributed by atoms with van der Waals surface area (Å²) in [7, 11) is 0. The first kappa shape index (κ1) is 22.5. The van der Waals surface area contributed by atoms with E-state index in [0.717, 1.165) is 0 Å². The fourth-order valence-corrected chi connectivity index (χ4v) is 3.99. The number of piperidine rings is 1. The predicted octanol–water partition coefficient (Wildman–Crippen LogP) is 1.98. The van der Waals surface area contributed by atoms with Crippen LogP contribution in [-0.2, 0) is 19.1 Å². The SMILES string of the molecule is CC(C)(C)OC(=O)N[C@H]1CC[C@@H]2[C@@H](CCO)C[C@@H](C(=O)OC(C)(C)C)N2C1=O. The Morgan fingerprint density at radius 1 is 1.11 bits per heavy atom. The predicted molar refractivity (Wildman–Crippen MR) is 102 cm³/mol. The minimum absolute atomic E-state index is 0.00379. The van der Waals surface area contributed by atoms with Crippen LogP contribution < -0.4 is 5.32 Å². The third-order valence-corrected chi connectivity index (χ3v) is 4.94. The van der Waals surface area contributed by atoms with E-state index in [2.05, 4.69) is 5.32 Å². The number of rotatable bonds is 4. The highest BCUT2D eigenvalue weighted by Gasteiger charge is 2.51. The van der Waals surface area contributed by atoms with E-state index >= 15 is 0 Å². The number of ether oxygens (including phenoxy) is 2. The molecule has 8 heteroatoms. The number of nitrogens with zero attached hydrogens (tertiary/aromatic N) is 1. The van der Waals surface area contributed by atoms with Crippen molar-refractivity contribution in [2.45, 2.75) is 96.6 Å². The highest BCUT2D eigenvalue weighted by Crippen LogP contribution is 2.39. The fraction of sp³-hybridized carbons (Fsp3) is 0.850. The van der Waals surface area contributed by atoms with Gasteiger partial charge in [0.1, 0.15) is 23.3 Å². The summed E-state index contributed by atoms with van der Waals surface area (Å²) in [5.41, 5.74) is -1.32. The summed E-state index contributed by atoms with van der Waals surface area (Å²) < 4.78 is 10.8. The van der Waals surface area contributed by atoms with Crippen LogP contribution in [0.4, 0.5) is 4.79 Å². The standard InChI is InChI=1S/C20H34N2O6/c1-19(2,3)27-17(25)15-11-12(9-10-23)14-8-7-13(16(24)22(14)15)21-18(26)28-20(4,5)6/h12-15,23H,7-11H2,1-6H3,(H,21,26)/t12-,13-,14+,15-/m0/s1. The maximum atomic E-state index is 13.1. The molecule has 2 aliphatic heterocycles. The van der Waals surface area contributed by atoms with Crippen LogP contribution in [0.25, 0.3) is 0 Å². The van der Waals surface area contributed by atoms with Gasteiger partial charge in [-0.3, -0.25) is 4.79 Å². The number of fused-ring (bicyclic) bond motifs is 1. The molecular formula is C20H34N2O6. The van der Waals surface area contributed by atoms with Crippen molar-refractivity contribution in [2.75, 3.05) is 6.61 Å². The average molecular weight is 399 g/mol. The number of alkyl carbamates (subject to hydrolysis) is 1. The summed E-state index contributed by atoms with van der Waals surface area (Å²) in [6, 6.07) is -1.56. The van der Waals surface area contributed by atoms with Crippen molar-refractivity contribution in [1.82, 2.24) is 10.2 Å². The largest absolute Gasteiger partial charge is 0.458 e. The van der Waals surface area contributed by atoms with Crippen LogP contribution in [-0.4, -0.2) is 63.9 Å². The van der Waals surface area contributed by atoms with Gasteiger partial charge in [-0.15, -0.1) is 0 Å². The van der Waals surface area contributed by atoms with E-state index < -0.39 is 35.3 Å². The van der Waals surface area contributed by atoms with Gasteiger partial charge in [0.25, 0.3) is 0 Å². The van der Waals surface area contributed by atoms with E-state index in [1.807, 2.05) is 0 Å². The molecule has 0 spiro atoms. The molecule has 2 rings (SSSR count). The van der Waals surface area contributed by atoms with Crippen LogP contribution in [0.2, 0.25) is 0 Å². The smallest absolute Gasteiger partial charge is 0.408 e. The van der Waals surface area contributed by atoms with Crippen LogP contribution in [0.1, 0.15) is 67.2 Å². The van der Waals surface area contributed by atoms with Crippen molar-refractivity contribution in [3.05, 3.63) is 0 Å². The molecule has 2 aliphatic rings. The zero-order valence-corrected chi connectivity index (χ0v) is 17.8. The number of nitrogens with one attached hydrogen (secondary N) is 1. The topological polar surface area (TPSA) is 105 Å². The zero-order valence-electron chi connectivity index (χ0n) is 17.8. The van der Waals surface area contributed by atoms with E-state index in [-0.39, 0.29) is 24.5 Å².